The topological polar surface area (TPSA) is 127 Å². The lowest BCUT2D eigenvalue weighted by Crippen LogP contribution is -2.39. The Morgan fingerprint density at radius 2 is 1.67 bits per heavy atom. The van der Waals surface area contributed by atoms with Gasteiger partial charge in [-0.25, -0.2) is 9.59 Å². The van der Waals surface area contributed by atoms with E-state index in [2.05, 4.69) is 25.7 Å². The molecule has 126 valence electrons. The van der Waals surface area contributed by atoms with Crippen molar-refractivity contribution < 1.29 is 19.4 Å². The first kappa shape index (κ1) is 17.3. The quantitative estimate of drug-likeness (QED) is 0.864. The highest BCUT2D eigenvalue weighted by molar-refractivity contribution is 5.80. The highest BCUT2D eigenvalue weighted by atomic mass is 16.6. The summed E-state index contributed by atoms with van der Waals surface area (Å²) in [4.78, 5) is 23.1. The van der Waals surface area contributed by atoms with Crippen LogP contribution in [-0.2, 0) is 9.53 Å². The zero-order chi connectivity index (χ0) is 17.7. The Kier molecular flexibility index (Phi) is 5.02. The molecule has 0 aliphatic rings. The molecule has 2 N–H and O–H groups in total. The first-order valence-electron chi connectivity index (χ1n) is 7.11. The Morgan fingerprint density at radius 1 is 1.08 bits per heavy atom. The summed E-state index contributed by atoms with van der Waals surface area (Å²) in [6.07, 6.45) is -0.898. The molecule has 1 unspecified atom stereocenters. The fourth-order valence-electron chi connectivity index (χ4n) is 1.72. The van der Waals surface area contributed by atoms with Gasteiger partial charge in [-0.05, 0) is 20.8 Å². The standard InChI is InChI=1S/C15H17N5O4/c1-15(2,3)24-14(23)16-10(13(21)22)12-19-17-11(18-20-12)9-7-5-4-6-8-9/h4-8,10H,1-3H3,(H,16,23)(H,21,22). The summed E-state index contributed by atoms with van der Waals surface area (Å²) in [5, 5.41) is 26.7. The molecule has 0 saturated carbocycles. The molecule has 0 fully saturated rings. The van der Waals surface area contributed by atoms with Gasteiger partial charge in [0.25, 0.3) is 0 Å². The zero-order valence-corrected chi connectivity index (χ0v) is 13.4. The van der Waals surface area contributed by atoms with E-state index in [1.54, 1.807) is 45.0 Å². The molecule has 0 radical (unpaired) electrons. The lowest BCUT2D eigenvalue weighted by Gasteiger charge is -2.21. The highest BCUT2D eigenvalue weighted by Gasteiger charge is 2.28. The first-order valence-corrected chi connectivity index (χ1v) is 7.11. The van der Waals surface area contributed by atoms with Gasteiger partial charge in [0.1, 0.15) is 5.60 Å². The number of carboxylic acid groups (broad SMARTS) is 1. The maximum atomic E-state index is 11.7. The van der Waals surface area contributed by atoms with Crippen LogP contribution in [0, 0.1) is 0 Å². The van der Waals surface area contributed by atoms with Crippen LogP contribution < -0.4 is 5.32 Å². The molecule has 0 bridgehead atoms. The van der Waals surface area contributed by atoms with Gasteiger partial charge in [-0.2, -0.15) is 0 Å². The van der Waals surface area contributed by atoms with Gasteiger partial charge in [-0.15, -0.1) is 20.4 Å². The Hall–Kier alpha value is -3.10. The van der Waals surface area contributed by atoms with Crippen LogP contribution in [0.15, 0.2) is 30.3 Å². The highest BCUT2D eigenvalue weighted by Crippen LogP contribution is 2.14. The number of nitrogens with one attached hydrogen (secondary N) is 1. The molecule has 2 aromatic rings. The number of carbonyl (C=O) groups excluding carboxylic acids is 1. The molecule has 1 heterocycles. The third-order valence-electron chi connectivity index (χ3n) is 2.69. The number of carbonyl (C=O) groups is 2. The van der Waals surface area contributed by atoms with Gasteiger partial charge < -0.3 is 15.2 Å². The molecule has 1 aromatic heterocycles. The SMILES string of the molecule is CC(C)(C)OC(=O)NC(C(=O)O)c1nnc(-c2ccccc2)nn1. The van der Waals surface area contributed by atoms with E-state index in [0.717, 1.165) is 0 Å². The number of nitrogens with zero attached hydrogens (tertiary/aromatic N) is 4. The van der Waals surface area contributed by atoms with Crippen molar-refractivity contribution in [3.63, 3.8) is 0 Å². The lowest BCUT2D eigenvalue weighted by molar-refractivity contribution is -0.139. The van der Waals surface area contributed by atoms with Gasteiger partial charge in [0.2, 0.25) is 11.6 Å². The number of aromatic nitrogens is 4. The van der Waals surface area contributed by atoms with Crippen LogP contribution in [0.1, 0.15) is 32.6 Å². The van der Waals surface area contributed by atoms with Gasteiger partial charge in [0.15, 0.2) is 6.04 Å². The molecule has 0 aliphatic carbocycles. The molecule has 1 amide bonds. The van der Waals surface area contributed by atoms with E-state index >= 15 is 0 Å². The Balaban J connectivity index is 2.17. The summed E-state index contributed by atoms with van der Waals surface area (Å²) in [5.41, 5.74) is -0.0715. The normalized spacial score (nSPS) is 12.3. The van der Waals surface area contributed by atoms with Crippen molar-refractivity contribution in [2.75, 3.05) is 0 Å². The monoisotopic (exact) mass is 331 g/mol. The summed E-state index contributed by atoms with van der Waals surface area (Å²) in [5.74, 6) is -1.34. The van der Waals surface area contributed by atoms with Gasteiger partial charge >= 0.3 is 12.1 Å². The summed E-state index contributed by atoms with van der Waals surface area (Å²) in [7, 11) is 0. The van der Waals surface area contributed by atoms with E-state index in [4.69, 9.17) is 4.74 Å². The van der Waals surface area contributed by atoms with E-state index in [1.165, 1.54) is 0 Å². The summed E-state index contributed by atoms with van der Waals surface area (Å²) in [6, 6.07) is 7.47. The van der Waals surface area contributed by atoms with Crippen molar-refractivity contribution in [1.29, 1.82) is 0 Å². The number of hydrogen-bond donors (Lipinski definition) is 2. The number of carboxylic acids is 1. The Bertz CT molecular complexity index is 713. The third-order valence-corrected chi connectivity index (χ3v) is 2.69. The van der Waals surface area contributed by atoms with Gasteiger partial charge in [-0.3, -0.25) is 0 Å². The largest absolute Gasteiger partial charge is 0.479 e. The lowest BCUT2D eigenvalue weighted by atomic mass is 10.2. The molecule has 9 heteroatoms. The predicted molar refractivity (Wildman–Crippen MR) is 82.8 cm³/mol. The fraction of sp³-hybridized carbons (Fsp3) is 0.333. The number of aliphatic carboxylic acids is 1. The van der Waals surface area contributed by atoms with E-state index in [0.29, 0.717) is 5.56 Å². The molecule has 2 rings (SSSR count). The predicted octanol–water partition coefficient (Wildman–Crippen LogP) is 1.58. The maximum Gasteiger partial charge on any atom is 0.408 e. The molecular weight excluding hydrogens is 314 g/mol. The van der Waals surface area contributed by atoms with Crippen molar-refractivity contribution in [3.05, 3.63) is 36.2 Å². The van der Waals surface area contributed by atoms with E-state index in [-0.39, 0.29) is 11.6 Å². The molecular formula is C15H17N5O4. The van der Waals surface area contributed by atoms with E-state index in [1.807, 2.05) is 6.07 Å². The van der Waals surface area contributed by atoms with Crippen molar-refractivity contribution in [2.45, 2.75) is 32.4 Å². The summed E-state index contributed by atoms with van der Waals surface area (Å²) >= 11 is 0. The van der Waals surface area contributed by atoms with Crippen LogP contribution in [0.25, 0.3) is 11.4 Å². The number of hydrogen-bond acceptors (Lipinski definition) is 7. The average Bonchev–Trinajstić information content (AvgIpc) is 2.52. The van der Waals surface area contributed by atoms with Crippen molar-refractivity contribution >= 4 is 12.1 Å². The number of alkyl carbamates (subject to hydrolysis) is 1. The summed E-state index contributed by atoms with van der Waals surface area (Å²) < 4.78 is 5.02. The van der Waals surface area contributed by atoms with E-state index in [9.17, 15) is 14.7 Å². The smallest absolute Gasteiger partial charge is 0.408 e. The second kappa shape index (κ2) is 6.99. The van der Waals surface area contributed by atoms with Crippen LogP contribution in [-0.4, -0.2) is 43.2 Å². The van der Waals surface area contributed by atoms with Gasteiger partial charge in [0.05, 0.1) is 0 Å². The number of rotatable bonds is 4. The second-order valence-corrected chi connectivity index (χ2v) is 5.87. The maximum absolute atomic E-state index is 11.7. The minimum absolute atomic E-state index is 0.243. The molecule has 24 heavy (non-hydrogen) atoms. The van der Waals surface area contributed by atoms with Crippen LogP contribution in [0.4, 0.5) is 4.79 Å². The Morgan fingerprint density at radius 3 is 2.17 bits per heavy atom. The van der Waals surface area contributed by atoms with Crippen LogP contribution in [0.5, 0.6) is 0 Å². The summed E-state index contributed by atoms with van der Waals surface area (Å²) in [6.45, 7) is 4.99. The van der Waals surface area contributed by atoms with Crippen LogP contribution in [0.2, 0.25) is 0 Å². The number of benzene rings is 1. The molecule has 9 nitrogen and oxygen atoms in total. The van der Waals surface area contributed by atoms with Gasteiger partial charge in [0, 0.05) is 5.56 Å². The number of ether oxygens (including phenoxy) is 1. The van der Waals surface area contributed by atoms with Crippen molar-refractivity contribution in [1.82, 2.24) is 25.7 Å². The average molecular weight is 331 g/mol. The van der Waals surface area contributed by atoms with Crippen LogP contribution >= 0.6 is 0 Å². The Labute approximate surface area is 138 Å². The minimum atomic E-state index is -1.51. The molecule has 0 saturated heterocycles. The van der Waals surface area contributed by atoms with Crippen LogP contribution in [0.3, 0.4) is 0 Å². The molecule has 1 aromatic carbocycles. The van der Waals surface area contributed by atoms with Crippen molar-refractivity contribution in [3.8, 4) is 11.4 Å². The van der Waals surface area contributed by atoms with Crippen molar-refractivity contribution in [2.24, 2.45) is 0 Å². The number of amides is 1. The second-order valence-electron chi connectivity index (χ2n) is 5.87. The molecule has 0 aliphatic heterocycles. The van der Waals surface area contributed by atoms with E-state index < -0.39 is 23.7 Å². The third kappa shape index (κ3) is 4.70. The minimum Gasteiger partial charge on any atom is -0.479 e. The fourth-order valence-corrected chi connectivity index (χ4v) is 1.72. The molecule has 0 spiro atoms. The molecule has 1 atom stereocenters. The first-order chi connectivity index (χ1) is 11.3. The zero-order valence-electron chi connectivity index (χ0n) is 13.4. The van der Waals surface area contributed by atoms with Gasteiger partial charge in [-0.1, -0.05) is 30.3 Å².